The van der Waals surface area contributed by atoms with Gasteiger partial charge in [0, 0.05) is 60.5 Å². The molecule has 0 fully saturated rings. The molecular weight excluding hydrogens is 185 g/mol. The van der Waals surface area contributed by atoms with Gasteiger partial charge in [0.2, 0.25) is 0 Å². The average molecular weight is 194 g/mol. The van der Waals surface area contributed by atoms with E-state index in [9.17, 15) is 0 Å². The predicted octanol–water partition coefficient (Wildman–Crippen LogP) is 0.370. The van der Waals surface area contributed by atoms with Crippen molar-refractivity contribution in [3.63, 3.8) is 0 Å². The molecule has 1 radical (unpaired) electrons. The largest absolute Gasteiger partial charge is 0.498 e. The van der Waals surface area contributed by atoms with E-state index in [0.29, 0.717) is 0 Å². The molecule has 0 unspecified atom stereocenters. The molecule has 0 heterocycles. The zero-order valence-electron chi connectivity index (χ0n) is 5.30. The van der Waals surface area contributed by atoms with E-state index in [1.807, 2.05) is 0 Å². The Hall–Kier alpha value is 0.984. The van der Waals surface area contributed by atoms with Crippen LogP contribution in [-0.2, 0) is 46.9 Å². The molecule has 8 heavy (non-hydrogen) atoms. The van der Waals surface area contributed by atoms with Gasteiger partial charge in [-0.3, -0.25) is 0 Å². The van der Waals surface area contributed by atoms with Gasteiger partial charge in [0.1, 0.15) is 0 Å². The number of methoxy groups -OCH3 is 3. The summed E-state index contributed by atoms with van der Waals surface area (Å²) in [6, 6.07) is 0. The summed E-state index contributed by atoms with van der Waals surface area (Å²) in [4.78, 5) is 0. The minimum absolute atomic E-state index is 0. The number of ether oxygens (including phenoxy) is 3. The van der Waals surface area contributed by atoms with Crippen LogP contribution in [0, 0.1) is 6.48 Å². The Morgan fingerprint density at radius 1 is 0.875 bits per heavy atom. The molecule has 0 saturated carbocycles. The summed E-state index contributed by atoms with van der Waals surface area (Å²) in [5.74, 6) is 0. The Balaban J connectivity index is 0. The molecule has 0 rings (SSSR count). The Bertz CT molecular complexity index is 32.8. The predicted molar refractivity (Wildman–Crippen MR) is 24.3 cm³/mol. The van der Waals surface area contributed by atoms with Crippen molar-refractivity contribution in [2.75, 3.05) is 21.3 Å². The third-order valence-electron chi connectivity index (χ3n) is 0.500. The number of rotatable bonds is 3. The molecule has 4 heteroatoms. The van der Waals surface area contributed by atoms with E-state index in [0.717, 1.165) is 0 Å². The third kappa shape index (κ3) is 5.13. The van der Waals surface area contributed by atoms with E-state index in [4.69, 9.17) is 0 Å². The van der Waals surface area contributed by atoms with E-state index in [1.165, 1.54) is 21.3 Å². The molecule has 0 N–H and O–H groups in total. The summed E-state index contributed by atoms with van der Waals surface area (Å²) >= 11 is 0. The summed E-state index contributed by atoms with van der Waals surface area (Å²) in [6.45, 7) is 0.181. The van der Waals surface area contributed by atoms with Crippen molar-refractivity contribution in [1.82, 2.24) is 0 Å². The maximum absolute atomic E-state index is 4.52. The fraction of sp³-hybridized carbons (Fsp3) is 0.750. The Labute approximate surface area is 74.6 Å². The molecule has 0 atom stereocenters. The van der Waals surface area contributed by atoms with Crippen LogP contribution >= 0.6 is 0 Å². The first-order valence-corrected chi connectivity index (χ1v) is 1.84. The van der Waals surface area contributed by atoms with Crippen molar-refractivity contribution in [1.29, 1.82) is 0 Å². The van der Waals surface area contributed by atoms with Gasteiger partial charge in [0.05, 0.1) is 0 Å². The second-order valence-corrected chi connectivity index (χ2v) is 0.862. The average Bonchev–Trinajstić information content (AvgIpc) is 1.72. The van der Waals surface area contributed by atoms with Crippen LogP contribution in [0.1, 0.15) is 0 Å². The topological polar surface area (TPSA) is 27.7 Å². The minimum Gasteiger partial charge on any atom is -0.498 e. The van der Waals surface area contributed by atoms with Crippen LogP contribution in [0.15, 0.2) is 0 Å². The fourth-order valence-electron chi connectivity index (χ4n) is 0.250. The molecule has 0 aliphatic rings. The van der Waals surface area contributed by atoms with Crippen molar-refractivity contribution in [3.8, 4) is 0 Å². The van der Waals surface area contributed by atoms with Crippen molar-refractivity contribution in [3.05, 3.63) is 6.48 Å². The van der Waals surface area contributed by atoms with Crippen LogP contribution in [0.2, 0.25) is 0 Å². The van der Waals surface area contributed by atoms with E-state index in [-0.39, 0.29) is 39.2 Å². The van der Waals surface area contributed by atoms with Crippen LogP contribution in [-0.4, -0.2) is 21.3 Å². The molecule has 0 saturated heterocycles. The fourth-order valence-corrected chi connectivity index (χ4v) is 0.250. The molecule has 0 aliphatic carbocycles. The zero-order chi connectivity index (χ0) is 5.70. The normalized spacial score (nSPS) is 9.00. The molecule has 0 aromatic rings. The van der Waals surface area contributed by atoms with Crippen molar-refractivity contribution in [2.45, 2.75) is 0 Å². The van der Waals surface area contributed by atoms with Gasteiger partial charge in [-0.25, -0.2) is 0 Å². The monoisotopic (exact) mass is 194 g/mol. The van der Waals surface area contributed by atoms with Gasteiger partial charge in [-0.15, -0.1) is 0 Å². The summed E-state index contributed by atoms with van der Waals surface area (Å²) < 4.78 is 13.6. The van der Waals surface area contributed by atoms with Crippen molar-refractivity contribution >= 4 is 0 Å². The van der Waals surface area contributed by atoms with Crippen molar-refractivity contribution in [2.24, 2.45) is 0 Å². The Kier molecular flexibility index (Phi) is 11.7. The Morgan fingerprint density at radius 3 is 1.12 bits per heavy atom. The number of hydrogen-bond acceptors (Lipinski definition) is 3. The summed E-state index contributed by atoms with van der Waals surface area (Å²) in [6.07, 6.45) is 0. The third-order valence-corrected chi connectivity index (χ3v) is 0.500. The molecule has 0 bridgehead atoms. The first-order valence-electron chi connectivity index (χ1n) is 1.84. The summed E-state index contributed by atoms with van der Waals surface area (Å²) in [5.41, 5.74) is 0. The second kappa shape index (κ2) is 7.98. The van der Waals surface area contributed by atoms with Gasteiger partial charge in [0.15, 0.2) is 0 Å². The zero-order valence-corrected chi connectivity index (χ0v) is 8.14. The van der Waals surface area contributed by atoms with E-state index in [2.05, 4.69) is 14.2 Å². The molecular formula is C4H9O3Y-. The molecule has 3 nitrogen and oxygen atoms in total. The SMILES string of the molecule is CO[C-](OC)OC.[Y]. The first-order chi connectivity index (χ1) is 3.35. The van der Waals surface area contributed by atoms with Crippen LogP contribution in [0.4, 0.5) is 0 Å². The van der Waals surface area contributed by atoms with Gasteiger partial charge in [-0.1, -0.05) is 0 Å². The molecule has 0 aliphatic heterocycles. The summed E-state index contributed by atoms with van der Waals surface area (Å²) in [7, 11) is 4.42. The molecule has 0 spiro atoms. The van der Waals surface area contributed by atoms with Gasteiger partial charge >= 0.3 is 0 Å². The van der Waals surface area contributed by atoms with E-state index < -0.39 is 0 Å². The molecule has 0 amide bonds. The summed E-state index contributed by atoms with van der Waals surface area (Å²) in [5, 5.41) is 0. The quantitative estimate of drug-likeness (QED) is 0.607. The Morgan fingerprint density at radius 2 is 1.12 bits per heavy atom. The molecule has 47 valence electrons. The second-order valence-electron chi connectivity index (χ2n) is 0.862. The van der Waals surface area contributed by atoms with Gasteiger partial charge < -0.3 is 14.2 Å². The van der Waals surface area contributed by atoms with Gasteiger partial charge in [-0.05, 0) is 0 Å². The van der Waals surface area contributed by atoms with Crippen molar-refractivity contribution < 1.29 is 46.9 Å². The minimum atomic E-state index is 0. The van der Waals surface area contributed by atoms with E-state index >= 15 is 0 Å². The standard InChI is InChI=1S/C4H9O3.Y/c1-5-4(6-2)7-3;/h1-3H3;/q-1;. The van der Waals surface area contributed by atoms with Crippen LogP contribution in [0.3, 0.4) is 0 Å². The van der Waals surface area contributed by atoms with Crippen LogP contribution in [0.25, 0.3) is 0 Å². The van der Waals surface area contributed by atoms with E-state index in [1.54, 1.807) is 0 Å². The smallest absolute Gasteiger partial charge is 0.0370 e. The van der Waals surface area contributed by atoms with Gasteiger partial charge in [-0.2, -0.15) is 0 Å². The molecule has 0 aromatic carbocycles. The number of hydrogen-bond donors (Lipinski definition) is 0. The first kappa shape index (κ1) is 11.7. The van der Waals surface area contributed by atoms with Crippen LogP contribution < -0.4 is 0 Å². The molecule has 0 aromatic heterocycles. The maximum atomic E-state index is 4.52. The van der Waals surface area contributed by atoms with Gasteiger partial charge in [0.25, 0.3) is 0 Å². The van der Waals surface area contributed by atoms with Crippen LogP contribution in [0.5, 0.6) is 0 Å². The maximum Gasteiger partial charge on any atom is 0.0370 e.